The maximum absolute atomic E-state index is 10.2. The second-order valence-corrected chi connectivity index (χ2v) is 3.96. The van der Waals surface area contributed by atoms with Gasteiger partial charge in [-0.1, -0.05) is 29.8 Å². The molecular weight excluding hydrogens is 248 g/mol. The first kappa shape index (κ1) is 12.2. The van der Waals surface area contributed by atoms with Crippen molar-refractivity contribution in [3.8, 4) is 0 Å². The van der Waals surface area contributed by atoms with E-state index in [0.29, 0.717) is 10.7 Å². The van der Waals surface area contributed by atoms with Gasteiger partial charge < -0.3 is 0 Å². The number of nitrogens with zero attached hydrogens (tertiary/aromatic N) is 2. The average Bonchev–Trinajstić information content (AvgIpc) is 2.39. The highest BCUT2D eigenvalue weighted by atomic mass is 35.5. The molecule has 18 heavy (non-hydrogen) atoms. The van der Waals surface area contributed by atoms with Gasteiger partial charge >= 0.3 is 0 Å². The molecule has 0 N–H and O–H groups in total. The number of halogens is 1. The van der Waals surface area contributed by atoms with Crippen molar-refractivity contribution in [3.63, 3.8) is 0 Å². The predicted molar refractivity (Wildman–Crippen MR) is 72.4 cm³/mol. The average molecular weight is 257 g/mol. The molecule has 0 saturated heterocycles. The van der Waals surface area contributed by atoms with Crippen LogP contribution < -0.4 is 0 Å². The van der Waals surface area contributed by atoms with Gasteiger partial charge in [0.05, 0.1) is 11.4 Å². The molecule has 0 saturated carbocycles. The predicted octanol–water partition coefficient (Wildman–Crippen LogP) is 3.87. The Bertz CT molecular complexity index is 614. The molecule has 0 aliphatic heterocycles. The number of rotatable bonds is 3. The number of isocyanates is 1. The van der Waals surface area contributed by atoms with Crippen molar-refractivity contribution >= 4 is 35.5 Å². The number of aromatic nitrogens is 1. The third-order valence-electron chi connectivity index (χ3n) is 2.26. The number of hydrogen-bond acceptors (Lipinski definition) is 3. The summed E-state index contributed by atoms with van der Waals surface area (Å²) in [6.07, 6.45) is 6.84. The maximum atomic E-state index is 10.2. The molecule has 4 heteroatoms. The van der Waals surface area contributed by atoms with E-state index in [4.69, 9.17) is 11.6 Å². The molecule has 0 bridgehead atoms. The minimum atomic E-state index is 0.538. The Labute approximate surface area is 109 Å². The van der Waals surface area contributed by atoms with Gasteiger partial charge in [-0.05, 0) is 35.9 Å². The summed E-state index contributed by atoms with van der Waals surface area (Å²) in [5.74, 6) is 0. The Balaban J connectivity index is 2.20. The zero-order chi connectivity index (χ0) is 12.8. The van der Waals surface area contributed by atoms with Gasteiger partial charge in [0, 0.05) is 11.2 Å². The number of hydrogen-bond donors (Lipinski definition) is 0. The maximum Gasteiger partial charge on any atom is 0.240 e. The van der Waals surface area contributed by atoms with E-state index in [2.05, 4.69) is 9.98 Å². The van der Waals surface area contributed by atoms with E-state index in [-0.39, 0.29) is 0 Å². The van der Waals surface area contributed by atoms with Crippen LogP contribution in [0, 0.1) is 0 Å². The highest BCUT2D eigenvalue weighted by Crippen LogP contribution is 2.15. The van der Waals surface area contributed by atoms with Crippen LogP contribution in [0.5, 0.6) is 0 Å². The second kappa shape index (κ2) is 5.92. The smallest absolute Gasteiger partial charge is 0.240 e. The zero-order valence-corrected chi connectivity index (χ0v) is 10.1. The Kier molecular flexibility index (Phi) is 4.02. The molecule has 1 heterocycles. The lowest BCUT2D eigenvalue weighted by Gasteiger charge is -1.95. The number of pyridine rings is 1. The van der Waals surface area contributed by atoms with E-state index in [1.54, 1.807) is 18.3 Å². The molecule has 2 aromatic rings. The van der Waals surface area contributed by atoms with Crippen LogP contribution in [-0.2, 0) is 4.79 Å². The summed E-state index contributed by atoms with van der Waals surface area (Å²) < 4.78 is 0. The van der Waals surface area contributed by atoms with Crippen LogP contribution in [0.2, 0.25) is 5.02 Å². The van der Waals surface area contributed by atoms with E-state index in [9.17, 15) is 4.79 Å². The van der Waals surface area contributed by atoms with Crippen molar-refractivity contribution in [1.82, 2.24) is 4.98 Å². The Morgan fingerprint density at radius 3 is 2.67 bits per heavy atom. The molecule has 0 amide bonds. The van der Waals surface area contributed by atoms with Gasteiger partial charge in [0.1, 0.15) is 0 Å². The summed E-state index contributed by atoms with van der Waals surface area (Å²) in [5, 5.41) is 0.701. The lowest BCUT2D eigenvalue weighted by molar-refractivity contribution is 0.565. The van der Waals surface area contributed by atoms with Gasteiger partial charge in [-0.25, -0.2) is 4.79 Å². The van der Waals surface area contributed by atoms with Crippen molar-refractivity contribution in [2.75, 3.05) is 0 Å². The van der Waals surface area contributed by atoms with Crippen LogP contribution in [0.15, 0.2) is 47.6 Å². The first-order valence-corrected chi connectivity index (χ1v) is 5.63. The topological polar surface area (TPSA) is 42.3 Å². The fraction of sp³-hybridized carbons (Fsp3) is 0. The van der Waals surface area contributed by atoms with Crippen LogP contribution >= 0.6 is 11.6 Å². The minimum Gasteiger partial charge on any atom is -0.257 e. The standard InChI is InChI=1S/C14H9ClN2O/c15-12-4-1-11(2-5-12)3-6-13-9-14(17-10-18)7-8-16-13/h1-9H. The van der Waals surface area contributed by atoms with Crippen LogP contribution in [0.4, 0.5) is 5.69 Å². The SMILES string of the molecule is O=C=Nc1ccnc(C=Cc2ccc(Cl)cc2)c1. The van der Waals surface area contributed by atoms with Gasteiger partial charge in [0.2, 0.25) is 6.08 Å². The van der Waals surface area contributed by atoms with Crippen molar-refractivity contribution in [2.45, 2.75) is 0 Å². The second-order valence-electron chi connectivity index (χ2n) is 3.53. The summed E-state index contributed by atoms with van der Waals surface area (Å²) >= 11 is 5.80. The first-order chi connectivity index (χ1) is 8.78. The van der Waals surface area contributed by atoms with E-state index in [1.165, 1.54) is 6.08 Å². The summed E-state index contributed by atoms with van der Waals surface area (Å²) in [5.41, 5.74) is 2.28. The molecule has 0 fully saturated rings. The van der Waals surface area contributed by atoms with Gasteiger partial charge in [-0.15, -0.1) is 0 Å². The van der Waals surface area contributed by atoms with Crippen LogP contribution in [0.25, 0.3) is 12.2 Å². The van der Waals surface area contributed by atoms with Gasteiger partial charge in [0.15, 0.2) is 0 Å². The van der Waals surface area contributed by atoms with Crippen molar-refractivity contribution < 1.29 is 4.79 Å². The van der Waals surface area contributed by atoms with Gasteiger partial charge in [-0.2, -0.15) is 4.99 Å². The molecule has 0 atom stereocenters. The zero-order valence-electron chi connectivity index (χ0n) is 9.38. The van der Waals surface area contributed by atoms with E-state index >= 15 is 0 Å². The summed E-state index contributed by atoms with van der Waals surface area (Å²) in [6, 6.07) is 10.8. The summed E-state index contributed by atoms with van der Waals surface area (Å²) in [6.45, 7) is 0. The highest BCUT2D eigenvalue weighted by Gasteiger charge is 1.93. The first-order valence-electron chi connectivity index (χ1n) is 5.25. The Morgan fingerprint density at radius 1 is 1.17 bits per heavy atom. The normalized spacial score (nSPS) is 10.3. The summed E-state index contributed by atoms with van der Waals surface area (Å²) in [7, 11) is 0. The third-order valence-corrected chi connectivity index (χ3v) is 2.51. The van der Waals surface area contributed by atoms with Crippen molar-refractivity contribution in [3.05, 3.63) is 58.9 Å². The highest BCUT2D eigenvalue weighted by molar-refractivity contribution is 6.30. The van der Waals surface area contributed by atoms with E-state index in [1.807, 2.05) is 36.4 Å². The molecule has 88 valence electrons. The molecule has 0 aliphatic rings. The molecular formula is C14H9ClN2O. The third kappa shape index (κ3) is 3.39. The fourth-order valence-electron chi connectivity index (χ4n) is 1.41. The lowest BCUT2D eigenvalue weighted by atomic mass is 10.2. The minimum absolute atomic E-state index is 0.538. The van der Waals surface area contributed by atoms with Crippen molar-refractivity contribution in [2.24, 2.45) is 4.99 Å². The monoisotopic (exact) mass is 256 g/mol. The molecule has 3 nitrogen and oxygen atoms in total. The molecule has 0 spiro atoms. The van der Waals surface area contributed by atoms with Crippen molar-refractivity contribution in [1.29, 1.82) is 0 Å². The van der Waals surface area contributed by atoms with Gasteiger partial charge in [-0.3, -0.25) is 4.98 Å². The molecule has 1 aromatic heterocycles. The Hall–Kier alpha value is -2.22. The Morgan fingerprint density at radius 2 is 1.94 bits per heavy atom. The molecule has 0 radical (unpaired) electrons. The van der Waals surface area contributed by atoms with Crippen LogP contribution in [0.3, 0.4) is 0 Å². The molecule has 1 aromatic carbocycles. The number of carbonyl (C=O) groups excluding carboxylic acids is 1. The largest absolute Gasteiger partial charge is 0.257 e. The quantitative estimate of drug-likeness (QED) is 0.618. The lowest BCUT2D eigenvalue weighted by Crippen LogP contribution is -1.78. The molecule has 0 aliphatic carbocycles. The summed E-state index contributed by atoms with van der Waals surface area (Å²) in [4.78, 5) is 17.8. The molecule has 0 unspecified atom stereocenters. The van der Waals surface area contributed by atoms with E-state index in [0.717, 1.165) is 11.3 Å². The van der Waals surface area contributed by atoms with Crippen LogP contribution in [-0.4, -0.2) is 11.1 Å². The van der Waals surface area contributed by atoms with Crippen LogP contribution in [0.1, 0.15) is 11.3 Å². The number of benzene rings is 1. The van der Waals surface area contributed by atoms with E-state index < -0.39 is 0 Å². The van der Waals surface area contributed by atoms with Gasteiger partial charge in [0.25, 0.3) is 0 Å². The fourth-order valence-corrected chi connectivity index (χ4v) is 1.53. The molecule has 2 rings (SSSR count). The number of aliphatic imine (C=N–C) groups is 1.